The number of benzene rings is 2. The van der Waals surface area contributed by atoms with Gasteiger partial charge < -0.3 is 14.8 Å². The molecule has 148 valence electrons. The Morgan fingerprint density at radius 3 is 2.76 bits per heavy atom. The molecule has 0 aliphatic heterocycles. The Balaban J connectivity index is 1.52. The van der Waals surface area contributed by atoms with Crippen molar-refractivity contribution in [2.75, 3.05) is 19.0 Å². The number of amides is 1. The summed E-state index contributed by atoms with van der Waals surface area (Å²) >= 11 is 7.84. The molecule has 0 spiro atoms. The number of fused-ring (bicyclic) bond motifs is 1. The number of thiazole rings is 1. The zero-order valence-corrected chi connectivity index (χ0v) is 17.4. The molecule has 0 aliphatic rings. The van der Waals surface area contributed by atoms with Crippen LogP contribution in [0.2, 0.25) is 5.02 Å². The van der Waals surface area contributed by atoms with Gasteiger partial charge in [0.05, 0.1) is 24.4 Å². The molecule has 0 unspecified atom stereocenters. The summed E-state index contributed by atoms with van der Waals surface area (Å²) in [6.45, 7) is 2.30. The van der Waals surface area contributed by atoms with Crippen LogP contribution < -0.4 is 14.8 Å². The monoisotopic (exact) mass is 427 g/mol. The van der Waals surface area contributed by atoms with Gasteiger partial charge in [-0.2, -0.15) is 0 Å². The van der Waals surface area contributed by atoms with Crippen molar-refractivity contribution in [1.82, 2.24) is 9.38 Å². The maximum atomic E-state index is 12.7. The maximum absolute atomic E-state index is 12.7. The molecule has 0 radical (unpaired) electrons. The number of halogens is 1. The number of rotatable bonds is 6. The zero-order chi connectivity index (χ0) is 20.4. The van der Waals surface area contributed by atoms with E-state index in [9.17, 15) is 4.79 Å². The Morgan fingerprint density at radius 1 is 1.28 bits per heavy atom. The molecule has 29 heavy (non-hydrogen) atoms. The van der Waals surface area contributed by atoms with Crippen LogP contribution in [0.15, 0.2) is 54.2 Å². The van der Waals surface area contributed by atoms with Gasteiger partial charge in [0.25, 0.3) is 5.91 Å². The number of nitrogens with one attached hydrogen (secondary N) is 1. The molecule has 0 aliphatic carbocycles. The molecule has 0 saturated heterocycles. The molecule has 0 atom stereocenters. The Labute approximate surface area is 176 Å². The van der Waals surface area contributed by atoms with E-state index in [4.69, 9.17) is 21.1 Å². The van der Waals surface area contributed by atoms with Crippen LogP contribution in [-0.2, 0) is 0 Å². The van der Waals surface area contributed by atoms with Crippen LogP contribution in [0.25, 0.3) is 16.2 Å². The molecule has 1 amide bonds. The highest BCUT2D eigenvalue weighted by Crippen LogP contribution is 2.36. The van der Waals surface area contributed by atoms with Crippen LogP contribution in [-0.4, -0.2) is 29.0 Å². The lowest BCUT2D eigenvalue weighted by Crippen LogP contribution is -2.12. The number of methoxy groups -OCH3 is 1. The average molecular weight is 428 g/mol. The molecule has 8 heteroatoms. The molecule has 1 N–H and O–H groups in total. The van der Waals surface area contributed by atoms with Gasteiger partial charge in [-0.25, -0.2) is 4.98 Å². The van der Waals surface area contributed by atoms with Crippen LogP contribution in [0.5, 0.6) is 11.5 Å². The predicted octanol–water partition coefficient (Wildman–Crippen LogP) is 5.38. The molecule has 4 aromatic rings. The minimum absolute atomic E-state index is 0.288. The quantitative estimate of drug-likeness (QED) is 0.449. The first kappa shape index (κ1) is 19.3. The van der Waals surface area contributed by atoms with Crippen molar-refractivity contribution in [3.8, 4) is 22.8 Å². The van der Waals surface area contributed by atoms with E-state index in [1.807, 2.05) is 53.4 Å². The summed E-state index contributed by atoms with van der Waals surface area (Å²) in [7, 11) is 1.51. The summed E-state index contributed by atoms with van der Waals surface area (Å²) in [5.74, 6) is 0.556. The van der Waals surface area contributed by atoms with Gasteiger partial charge in [0.2, 0.25) is 0 Å². The number of carbonyl (C=O) groups is 1. The van der Waals surface area contributed by atoms with Crippen molar-refractivity contribution in [2.45, 2.75) is 6.92 Å². The summed E-state index contributed by atoms with van der Waals surface area (Å²) in [6.07, 6.45) is 3.95. The van der Waals surface area contributed by atoms with E-state index >= 15 is 0 Å². The van der Waals surface area contributed by atoms with E-state index in [1.165, 1.54) is 7.11 Å². The number of hydrogen-bond acceptors (Lipinski definition) is 5. The van der Waals surface area contributed by atoms with E-state index in [0.717, 1.165) is 16.2 Å². The van der Waals surface area contributed by atoms with Gasteiger partial charge >= 0.3 is 0 Å². The third kappa shape index (κ3) is 3.92. The lowest BCUT2D eigenvalue weighted by Gasteiger charge is -2.13. The van der Waals surface area contributed by atoms with Crippen LogP contribution in [0.1, 0.15) is 17.3 Å². The normalized spacial score (nSPS) is 10.9. The van der Waals surface area contributed by atoms with E-state index < -0.39 is 0 Å². The first-order valence-corrected chi connectivity index (χ1v) is 10.2. The van der Waals surface area contributed by atoms with E-state index in [-0.39, 0.29) is 5.91 Å². The largest absolute Gasteiger partial charge is 0.493 e. The summed E-state index contributed by atoms with van der Waals surface area (Å²) < 4.78 is 12.8. The lowest BCUT2D eigenvalue weighted by atomic mass is 10.1. The topological polar surface area (TPSA) is 64.9 Å². The SMILES string of the molecule is CCOc1c(Cl)cc(C(=O)Nc2ccc(-c3cn4ccsc4n3)cc2)cc1OC. The van der Waals surface area contributed by atoms with Gasteiger partial charge in [-0.05, 0) is 31.2 Å². The van der Waals surface area contributed by atoms with Crippen molar-refractivity contribution in [3.05, 3.63) is 64.8 Å². The maximum Gasteiger partial charge on any atom is 0.255 e. The molecule has 0 fully saturated rings. The van der Waals surface area contributed by atoms with Crippen LogP contribution in [0.3, 0.4) is 0 Å². The molecule has 6 nitrogen and oxygen atoms in total. The number of anilines is 1. The molecule has 4 rings (SSSR count). The third-order valence-electron chi connectivity index (χ3n) is 4.31. The zero-order valence-electron chi connectivity index (χ0n) is 15.8. The van der Waals surface area contributed by atoms with E-state index in [1.54, 1.807) is 23.5 Å². The molecular weight excluding hydrogens is 410 g/mol. The first-order valence-electron chi connectivity index (χ1n) is 8.93. The van der Waals surface area contributed by atoms with Gasteiger partial charge in [-0.1, -0.05) is 23.7 Å². The second kappa shape index (κ2) is 8.14. The van der Waals surface area contributed by atoms with E-state index in [2.05, 4.69) is 10.3 Å². The highest BCUT2D eigenvalue weighted by Gasteiger charge is 2.16. The summed E-state index contributed by atoms with van der Waals surface area (Å²) in [5.41, 5.74) is 2.92. The predicted molar refractivity (Wildman–Crippen MR) is 116 cm³/mol. The number of nitrogens with zero attached hydrogens (tertiary/aromatic N) is 2. The summed E-state index contributed by atoms with van der Waals surface area (Å²) in [5, 5.41) is 5.19. The van der Waals surface area contributed by atoms with Gasteiger partial charge in [-0.15, -0.1) is 11.3 Å². The average Bonchev–Trinajstić information content (AvgIpc) is 3.32. The number of imidazole rings is 1. The summed E-state index contributed by atoms with van der Waals surface area (Å²) in [6, 6.07) is 10.7. The van der Waals surface area contributed by atoms with Crippen molar-refractivity contribution in [2.24, 2.45) is 0 Å². The Hall–Kier alpha value is -3.03. The molecule has 0 saturated carbocycles. The van der Waals surface area contributed by atoms with Gasteiger partial charge in [0, 0.05) is 34.6 Å². The lowest BCUT2D eigenvalue weighted by molar-refractivity contribution is 0.102. The second-order valence-corrected chi connectivity index (χ2v) is 7.45. The standard InChI is InChI=1S/C21H18ClN3O3S/c1-3-28-19-16(22)10-14(11-18(19)27-2)20(26)23-15-6-4-13(5-7-15)17-12-25-8-9-29-21(25)24-17/h4-12H,3H2,1-2H3,(H,23,26). The highest BCUT2D eigenvalue weighted by atomic mass is 35.5. The minimum Gasteiger partial charge on any atom is -0.493 e. The van der Waals surface area contributed by atoms with Crippen molar-refractivity contribution in [3.63, 3.8) is 0 Å². The fourth-order valence-electron chi connectivity index (χ4n) is 2.93. The molecule has 0 bridgehead atoms. The smallest absolute Gasteiger partial charge is 0.255 e. The van der Waals surface area contributed by atoms with Crippen molar-refractivity contribution in [1.29, 1.82) is 0 Å². The Kier molecular flexibility index (Phi) is 5.42. The second-order valence-electron chi connectivity index (χ2n) is 6.17. The molecule has 2 aromatic carbocycles. The molecular formula is C21H18ClN3O3S. The van der Waals surface area contributed by atoms with Gasteiger partial charge in [-0.3, -0.25) is 9.20 Å². The number of hydrogen-bond donors (Lipinski definition) is 1. The highest BCUT2D eigenvalue weighted by molar-refractivity contribution is 7.15. The Bertz CT molecular complexity index is 1140. The van der Waals surface area contributed by atoms with Crippen LogP contribution in [0, 0.1) is 0 Å². The number of aromatic nitrogens is 2. The van der Waals surface area contributed by atoms with Crippen LogP contribution >= 0.6 is 22.9 Å². The fraction of sp³-hybridized carbons (Fsp3) is 0.143. The third-order valence-corrected chi connectivity index (χ3v) is 5.36. The minimum atomic E-state index is -0.288. The fourth-order valence-corrected chi connectivity index (χ4v) is 3.89. The molecule has 2 heterocycles. The van der Waals surface area contributed by atoms with E-state index in [0.29, 0.717) is 34.4 Å². The number of carbonyl (C=O) groups excluding carboxylic acids is 1. The van der Waals surface area contributed by atoms with Crippen LogP contribution in [0.4, 0.5) is 5.69 Å². The first-order chi connectivity index (χ1) is 14.1. The molecule has 2 aromatic heterocycles. The van der Waals surface area contributed by atoms with Gasteiger partial charge in [0.15, 0.2) is 16.5 Å². The van der Waals surface area contributed by atoms with Crippen molar-refractivity contribution >= 4 is 39.5 Å². The van der Waals surface area contributed by atoms with Crippen molar-refractivity contribution < 1.29 is 14.3 Å². The Morgan fingerprint density at radius 2 is 2.07 bits per heavy atom. The van der Waals surface area contributed by atoms with Gasteiger partial charge in [0.1, 0.15) is 0 Å². The summed E-state index contributed by atoms with van der Waals surface area (Å²) in [4.78, 5) is 18.2. The number of ether oxygens (including phenoxy) is 2.